The van der Waals surface area contributed by atoms with Crippen molar-refractivity contribution >= 4 is 22.0 Å². The first-order valence-corrected chi connectivity index (χ1v) is 5.03. The van der Waals surface area contributed by atoms with Crippen molar-refractivity contribution in [3.8, 4) is 0 Å². The van der Waals surface area contributed by atoms with Crippen LogP contribution in [0, 0.1) is 5.82 Å². The van der Waals surface area contributed by atoms with Crippen molar-refractivity contribution in [3.05, 3.63) is 41.8 Å². The van der Waals surface area contributed by atoms with Gasteiger partial charge in [0.2, 0.25) is 0 Å². The molecule has 0 N–H and O–H groups in total. The van der Waals surface area contributed by atoms with Gasteiger partial charge in [0.1, 0.15) is 10.8 Å². The molecule has 2 nitrogen and oxygen atoms in total. The number of hydrogen-bond acceptors (Lipinski definition) is 3. The Balaban J connectivity index is 2.28. The van der Waals surface area contributed by atoms with Gasteiger partial charge in [-0.2, -0.15) is 0 Å². The topological polar surface area (TPSA) is 16.1 Å². The molecule has 0 saturated heterocycles. The second-order valence-electron chi connectivity index (χ2n) is 2.88. The highest BCUT2D eigenvalue weighted by molar-refractivity contribution is 7.13. The van der Waals surface area contributed by atoms with Crippen LogP contribution in [0.3, 0.4) is 0 Å². The Bertz CT molecular complexity index is 397. The minimum Gasteiger partial charge on any atom is -0.335 e. The maximum atomic E-state index is 12.7. The lowest BCUT2D eigenvalue weighted by Gasteiger charge is -2.15. The summed E-state index contributed by atoms with van der Waals surface area (Å²) in [6.45, 7) is 0. The van der Waals surface area contributed by atoms with Crippen LogP contribution in [0.4, 0.5) is 15.1 Å². The lowest BCUT2D eigenvalue weighted by atomic mass is 10.3. The van der Waals surface area contributed by atoms with Gasteiger partial charge in [-0.25, -0.2) is 4.39 Å². The molecule has 1 aromatic carbocycles. The van der Waals surface area contributed by atoms with Crippen LogP contribution in [0.25, 0.3) is 0 Å². The van der Waals surface area contributed by atoms with Gasteiger partial charge in [0, 0.05) is 12.7 Å². The molecule has 0 bridgehead atoms. The number of rotatable bonds is 2. The number of hydrogen-bond donors (Lipinski definition) is 0. The van der Waals surface area contributed by atoms with Crippen LogP contribution >= 0.6 is 11.3 Å². The molecular formula is C10H9FN2S. The Labute approximate surface area is 85.6 Å². The molecule has 0 aliphatic rings. The molecule has 0 atom stereocenters. The van der Waals surface area contributed by atoms with Crippen LogP contribution in [0.15, 0.2) is 36.0 Å². The summed E-state index contributed by atoms with van der Waals surface area (Å²) in [6.07, 6.45) is 1.79. The Hall–Kier alpha value is -1.42. The third-order valence-electron chi connectivity index (χ3n) is 1.96. The number of aromatic nitrogens is 1. The number of halogens is 1. The zero-order chi connectivity index (χ0) is 9.97. The average Bonchev–Trinajstić information content (AvgIpc) is 2.71. The minimum absolute atomic E-state index is 0.216. The van der Waals surface area contributed by atoms with E-state index in [1.165, 1.54) is 12.1 Å². The Morgan fingerprint density at radius 2 is 2.00 bits per heavy atom. The number of anilines is 2. The van der Waals surface area contributed by atoms with E-state index in [-0.39, 0.29) is 5.82 Å². The van der Waals surface area contributed by atoms with Crippen LogP contribution in [0.2, 0.25) is 0 Å². The second kappa shape index (κ2) is 3.75. The van der Waals surface area contributed by atoms with E-state index in [9.17, 15) is 4.39 Å². The quantitative estimate of drug-likeness (QED) is 0.754. The zero-order valence-electron chi connectivity index (χ0n) is 7.64. The fourth-order valence-electron chi connectivity index (χ4n) is 1.17. The Morgan fingerprint density at radius 1 is 1.29 bits per heavy atom. The third kappa shape index (κ3) is 1.75. The summed E-state index contributed by atoms with van der Waals surface area (Å²) in [5.41, 5.74) is 2.73. The van der Waals surface area contributed by atoms with Crippen molar-refractivity contribution in [2.75, 3.05) is 11.9 Å². The molecule has 2 rings (SSSR count). The smallest absolute Gasteiger partial charge is 0.123 e. The predicted molar refractivity (Wildman–Crippen MR) is 56.6 cm³/mol. The largest absolute Gasteiger partial charge is 0.335 e. The van der Waals surface area contributed by atoms with Gasteiger partial charge in [-0.1, -0.05) is 0 Å². The van der Waals surface area contributed by atoms with Gasteiger partial charge in [-0.05, 0) is 24.3 Å². The molecule has 0 unspecified atom stereocenters. The molecule has 0 saturated carbocycles. The SMILES string of the molecule is CN(c1ccc(F)cc1)c1cncs1. The van der Waals surface area contributed by atoms with Gasteiger partial charge in [0.25, 0.3) is 0 Å². The van der Waals surface area contributed by atoms with E-state index in [4.69, 9.17) is 0 Å². The van der Waals surface area contributed by atoms with Crippen molar-refractivity contribution in [1.29, 1.82) is 0 Å². The molecular weight excluding hydrogens is 199 g/mol. The van der Waals surface area contributed by atoms with Crippen molar-refractivity contribution in [2.45, 2.75) is 0 Å². The summed E-state index contributed by atoms with van der Waals surface area (Å²) in [6, 6.07) is 6.39. The maximum absolute atomic E-state index is 12.7. The van der Waals surface area contributed by atoms with Gasteiger partial charge in [-0.3, -0.25) is 4.98 Å². The highest BCUT2D eigenvalue weighted by Crippen LogP contribution is 2.26. The molecule has 4 heteroatoms. The molecule has 0 aliphatic carbocycles. The summed E-state index contributed by atoms with van der Waals surface area (Å²) in [5.74, 6) is -0.216. The molecule has 1 aromatic heterocycles. The van der Waals surface area contributed by atoms with Crippen molar-refractivity contribution < 1.29 is 4.39 Å². The maximum Gasteiger partial charge on any atom is 0.123 e. The predicted octanol–water partition coefficient (Wildman–Crippen LogP) is 3.05. The standard InChI is InChI=1S/C10H9FN2S/c1-13(10-6-12-7-14-10)9-4-2-8(11)3-5-9/h2-7H,1H3. The second-order valence-corrected chi connectivity index (χ2v) is 3.74. The Morgan fingerprint density at radius 3 is 2.57 bits per heavy atom. The minimum atomic E-state index is -0.216. The van der Waals surface area contributed by atoms with Gasteiger partial charge >= 0.3 is 0 Å². The van der Waals surface area contributed by atoms with E-state index >= 15 is 0 Å². The van der Waals surface area contributed by atoms with E-state index < -0.39 is 0 Å². The van der Waals surface area contributed by atoms with Crippen molar-refractivity contribution in [3.63, 3.8) is 0 Å². The molecule has 0 amide bonds. The van der Waals surface area contributed by atoms with Gasteiger partial charge in [0.05, 0.1) is 11.7 Å². The van der Waals surface area contributed by atoms with Crippen LogP contribution in [0.5, 0.6) is 0 Å². The Kier molecular flexibility index (Phi) is 2.45. The number of benzene rings is 1. The van der Waals surface area contributed by atoms with E-state index in [1.807, 2.05) is 11.9 Å². The van der Waals surface area contributed by atoms with E-state index in [2.05, 4.69) is 4.98 Å². The first kappa shape index (κ1) is 9.15. The molecule has 0 aliphatic heterocycles. The molecule has 0 spiro atoms. The number of nitrogens with zero attached hydrogens (tertiary/aromatic N) is 2. The summed E-state index contributed by atoms with van der Waals surface area (Å²) in [7, 11) is 1.93. The van der Waals surface area contributed by atoms with Crippen LogP contribution < -0.4 is 4.90 Å². The average molecular weight is 208 g/mol. The summed E-state index contributed by atoms with van der Waals surface area (Å²) in [4.78, 5) is 5.96. The molecule has 0 fully saturated rings. The van der Waals surface area contributed by atoms with E-state index in [1.54, 1.807) is 35.2 Å². The van der Waals surface area contributed by atoms with Gasteiger partial charge in [-0.15, -0.1) is 11.3 Å². The van der Waals surface area contributed by atoms with Gasteiger partial charge < -0.3 is 4.90 Å². The number of thiazole rings is 1. The summed E-state index contributed by atoms with van der Waals surface area (Å²) >= 11 is 1.55. The molecule has 14 heavy (non-hydrogen) atoms. The van der Waals surface area contributed by atoms with Crippen LogP contribution in [-0.2, 0) is 0 Å². The van der Waals surface area contributed by atoms with Gasteiger partial charge in [0.15, 0.2) is 0 Å². The normalized spacial score (nSPS) is 10.1. The summed E-state index contributed by atoms with van der Waals surface area (Å²) in [5, 5.41) is 1.04. The highest BCUT2D eigenvalue weighted by Gasteiger charge is 2.04. The molecule has 0 radical (unpaired) electrons. The fourth-order valence-corrected chi connectivity index (χ4v) is 1.78. The highest BCUT2D eigenvalue weighted by atomic mass is 32.1. The van der Waals surface area contributed by atoms with E-state index in [0.29, 0.717) is 0 Å². The monoisotopic (exact) mass is 208 g/mol. The molecule has 1 heterocycles. The molecule has 2 aromatic rings. The summed E-state index contributed by atoms with van der Waals surface area (Å²) < 4.78 is 12.7. The van der Waals surface area contributed by atoms with Crippen molar-refractivity contribution in [2.24, 2.45) is 0 Å². The first-order chi connectivity index (χ1) is 6.77. The van der Waals surface area contributed by atoms with E-state index in [0.717, 1.165) is 10.7 Å². The lowest BCUT2D eigenvalue weighted by Crippen LogP contribution is -2.07. The first-order valence-electron chi connectivity index (χ1n) is 4.15. The van der Waals surface area contributed by atoms with Crippen molar-refractivity contribution in [1.82, 2.24) is 4.98 Å². The molecule has 72 valence electrons. The van der Waals surface area contributed by atoms with Crippen LogP contribution in [0.1, 0.15) is 0 Å². The van der Waals surface area contributed by atoms with Crippen LogP contribution in [-0.4, -0.2) is 12.0 Å². The zero-order valence-corrected chi connectivity index (χ0v) is 8.46. The lowest BCUT2D eigenvalue weighted by molar-refractivity contribution is 0.628. The third-order valence-corrected chi connectivity index (χ3v) is 2.81. The fraction of sp³-hybridized carbons (Fsp3) is 0.100.